The van der Waals surface area contributed by atoms with Gasteiger partial charge in [0.1, 0.15) is 0 Å². The Balaban J connectivity index is 3.72. The van der Waals surface area contributed by atoms with Gasteiger partial charge in [-0.2, -0.15) is 0 Å². The Kier molecular flexibility index (Phi) is 9.44. The molecule has 0 saturated carbocycles. The Bertz CT molecular complexity index is 338. The van der Waals surface area contributed by atoms with Gasteiger partial charge in [-0.3, -0.25) is 14.8 Å². The second kappa shape index (κ2) is 10.3. The maximum atomic E-state index is 11.8. The van der Waals surface area contributed by atoms with Gasteiger partial charge in [-0.1, -0.05) is 31.6 Å². The van der Waals surface area contributed by atoms with Gasteiger partial charge in [-0.05, 0) is 19.8 Å². The maximum absolute atomic E-state index is 11.8. The first-order valence-electron chi connectivity index (χ1n) is 6.50. The van der Waals surface area contributed by atoms with Crippen LogP contribution in [0.5, 0.6) is 0 Å². The Hall–Kier alpha value is -1.62. The lowest BCUT2D eigenvalue weighted by molar-refractivity contribution is -0.129. The van der Waals surface area contributed by atoms with E-state index in [0.29, 0.717) is 18.5 Å². The summed E-state index contributed by atoms with van der Waals surface area (Å²) in [6.07, 6.45) is 7.17. The fraction of sp³-hybridized carbons (Fsp3) is 0.571. The summed E-state index contributed by atoms with van der Waals surface area (Å²) >= 11 is 0. The van der Waals surface area contributed by atoms with Gasteiger partial charge in [0.25, 0.3) is 0 Å². The standard InChI is InChI=1S/C14H24N2O3/c1-4-9-12(2)14(18)16(3)11-8-6-5-7-10-13(17)15-19/h4,9,19H,1,5-8,10-11H2,2-3H3,(H,15,17)/b12-9+. The van der Waals surface area contributed by atoms with Gasteiger partial charge in [0.05, 0.1) is 0 Å². The summed E-state index contributed by atoms with van der Waals surface area (Å²) in [5.74, 6) is -0.336. The minimum Gasteiger partial charge on any atom is -0.342 e. The van der Waals surface area contributed by atoms with Gasteiger partial charge in [0.15, 0.2) is 0 Å². The van der Waals surface area contributed by atoms with Gasteiger partial charge in [-0.25, -0.2) is 5.48 Å². The number of allylic oxidation sites excluding steroid dienone is 2. The zero-order valence-corrected chi connectivity index (χ0v) is 11.8. The van der Waals surface area contributed by atoms with E-state index in [2.05, 4.69) is 6.58 Å². The molecule has 0 rings (SSSR count). The van der Waals surface area contributed by atoms with Crippen molar-refractivity contribution < 1.29 is 14.8 Å². The molecule has 0 aromatic rings. The summed E-state index contributed by atoms with van der Waals surface area (Å²) in [5.41, 5.74) is 2.29. The molecule has 19 heavy (non-hydrogen) atoms. The summed E-state index contributed by atoms with van der Waals surface area (Å²) in [6.45, 7) is 6.04. The van der Waals surface area contributed by atoms with Crippen molar-refractivity contribution in [2.45, 2.75) is 39.0 Å². The molecular weight excluding hydrogens is 244 g/mol. The molecule has 2 N–H and O–H groups in total. The van der Waals surface area contributed by atoms with Crippen LogP contribution >= 0.6 is 0 Å². The second-order valence-electron chi connectivity index (χ2n) is 4.51. The summed E-state index contributed by atoms with van der Waals surface area (Å²) in [4.78, 5) is 24.3. The van der Waals surface area contributed by atoms with E-state index in [1.165, 1.54) is 0 Å². The largest absolute Gasteiger partial charge is 0.342 e. The van der Waals surface area contributed by atoms with E-state index in [0.717, 1.165) is 25.7 Å². The van der Waals surface area contributed by atoms with E-state index in [-0.39, 0.29) is 11.8 Å². The molecular formula is C14H24N2O3. The van der Waals surface area contributed by atoms with Crippen molar-refractivity contribution in [3.8, 4) is 0 Å². The predicted molar refractivity (Wildman–Crippen MR) is 74.6 cm³/mol. The number of carbonyl (C=O) groups excluding carboxylic acids is 2. The minimum atomic E-state index is -0.350. The number of carbonyl (C=O) groups is 2. The number of rotatable bonds is 9. The normalized spacial score (nSPS) is 11.0. The zero-order valence-electron chi connectivity index (χ0n) is 11.8. The number of nitrogens with one attached hydrogen (secondary N) is 1. The smallest absolute Gasteiger partial charge is 0.249 e. The van der Waals surface area contributed by atoms with Crippen LogP contribution in [0.25, 0.3) is 0 Å². The van der Waals surface area contributed by atoms with Crippen molar-refractivity contribution >= 4 is 11.8 Å². The Morgan fingerprint density at radius 1 is 1.26 bits per heavy atom. The van der Waals surface area contributed by atoms with Crippen LogP contribution < -0.4 is 5.48 Å². The molecule has 0 spiro atoms. The van der Waals surface area contributed by atoms with Crippen molar-refractivity contribution in [1.82, 2.24) is 10.4 Å². The molecule has 108 valence electrons. The minimum absolute atomic E-state index is 0.0135. The highest BCUT2D eigenvalue weighted by molar-refractivity contribution is 5.92. The molecule has 0 radical (unpaired) electrons. The third-order valence-corrected chi connectivity index (χ3v) is 2.82. The first-order chi connectivity index (χ1) is 9.02. The molecule has 0 bridgehead atoms. The van der Waals surface area contributed by atoms with Gasteiger partial charge < -0.3 is 4.90 Å². The SMILES string of the molecule is C=C/C=C(\C)C(=O)N(C)CCCCCCC(=O)NO. The highest BCUT2D eigenvalue weighted by atomic mass is 16.5. The monoisotopic (exact) mass is 268 g/mol. The lowest BCUT2D eigenvalue weighted by Crippen LogP contribution is -2.28. The molecule has 0 aromatic carbocycles. The van der Waals surface area contributed by atoms with E-state index in [1.807, 2.05) is 0 Å². The molecule has 0 aliphatic rings. The molecule has 2 amide bonds. The topological polar surface area (TPSA) is 69.6 Å². The quantitative estimate of drug-likeness (QED) is 0.221. The fourth-order valence-corrected chi connectivity index (χ4v) is 1.69. The molecule has 0 aliphatic heterocycles. The molecule has 0 unspecified atom stereocenters. The van der Waals surface area contributed by atoms with E-state index < -0.39 is 0 Å². The van der Waals surface area contributed by atoms with Crippen molar-refractivity contribution in [2.75, 3.05) is 13.6 Å². The number of nitrogens with zero attached hydrogens (tertiary/aromatic N) is 1. The van der Waals surface area contributed by atoms with Crippen molar-refractivity contribution in [3.63, 3.8) is 0 Å². The highest BCUT2D eigenvalue weighted by Crippen LogP contribution is 2.06. The lowest BCUT2D eigenvalue weighted by atomic mass is 10.1. The summed E-state index contributed by atoms with van der Waals surface area (Å²) in [6, 6.07) is 0. The lowest BCUT2D eigenvalue weighted by Gasteiger charge is -2.17. The molecule has 0 atom stereocenters. The van der Waals surface area contributed by atoms with Crippen molar-refractivity contribution in [1.29, 1.82) is 0 Å². The average Bonchev–Trinajstić information content (AvgIpc) is 2.41. The number of hydroxylamine groups is 1. The summed E-state index contributed by atoms with van der Waals surface area (Å²) < 4.78 is 0. The Labute approximate surface area is 114 Å². The van der Waals surface area contributed by atoms with Crippen LogP contribution in [-0.2, 0) is 9.59 Å². The number of amides is 2. The molecule has 5 heteroatoms. The summed E-state index contributed by atoms with van der Waals surface area (Å²) in [7, 11) is 1.78. The first-order valence-corrected chi connectivity index (χ1v) is 6.50. The van der Waals surface area contributed by atoms with Gasteiger partial charge in [-0.15, -0.1) is 0 Å². The molecule has 5 nitrogen and oxygen atoms in total. The highest BCUT2D eigenvalue weighted by Gasteiger charge is 2.09. The van der Waals surface area contributed by atoms with Crippen molar-refractivity contribution in [2.24, 2.45) is 0 Å². The molecule has 0 aromatic heterocycles. The Morgan fingerprint density at radius 2 is 1.89 bits per heavy atom. The second-order valence-corrected chi connectivity index (χ2v) is 4.51. The Morgan fingerprint density at radius 3 is 2.47 bits per heavy atom. The molecule has 0 aliphatic carbocycles. The van der Waals surface area contributed by atoms with Gasteiger partial charge in [0, 0.05) is 25.6 Å². The molecule has 0 fully saturated rings. The number of unbranched alkanes of at least 4 members (excludes halogenated alkanes) is 3. The fourth-order valence-electron chi connectivity index (χ4n) is 1.69. The van der Waals surface area contributed by atoms with Crippen LogP contribution in [0.2, 0.25) is 0 Å². The summed E-state index contributed by atoms with van der Waals surface area (Å²) in [5, 5.41) is 8.31. The number of hydrogen-bond acceptors (Lipinski definition) is 3. The van der Waals surface area contributed by atoms with Gasteiger partial charge in [0.2, 0.25) is 11.8 Å². The van der Waals surface area contributed by atoms with Crippen LogP contribution in [0.3, 0.4) is 0 Å². The number of likely N-dealkylation sites (N-methyl/N-ethyl adjacent to an activating group) is 1. The van der Waals surface area contributed by atoms with E-state index in [1.54, 1.807) is 36.5 Å². The first kappa shape index (κ1) is 17.4. The maximum Gasteiger partial charge on any atom is 0.249 e. The molecule has 0 heterocycles. The molecule has 0 saturated heterocycles. The zero-order chi connectivity index (χ0) is 14.7. The predicted octanol–water partition coefficient (Wildman–Crippen LogP) is 2.03. The van der Waals surface area contributed by atoms with Crippen LogP contribution in [0.4, 0.5) is 0 Å². The number of hydrogen-bond donors (Lipinski definition) is 2. The van der Waals surface area contributed by atoms with Crippen LogP contribution in [0.1, 0.15) is 39.0 Å². The van der Waals surface area contributed by atoms with E-state index in [4.69, 9.17) is 5.21 Å². The average molecular weight is 268 g/mol. The van der Waals surface area contributed by atoms with Crippen LogP contribution in [0, 0.1) is 0 Å². The van der Waals surface area contributed by atoms with E-state index >= 15 is 0 Å². The van der Waals surface area contributed by atoms with Crippen LogP contribution in [0.15, 0.2) is 24.3 Å². The van der Waals surface area contributed by atoms with E-state index in [9.17, 15) is 9.59 Å². The third-order valence-electron chi connectivity index (χ3n) is 2.82. The third kappa shape index (κ3) is 8.15. The van der Waals surface area contributed by atoms with Gasteiger partial charge >= 0.3 is 0 Å². The van der Waals surface area contributed by atoms with Crippen molar-refractivity contribution in [3.05, 3.63) is 24.3 Å². The van der Waals surface area contributed by atoms with Crippen LogP contribution in [-0.4, -0.2) is 35.5 Å².